The number of nitrogens with one attached hydrogen (secondary N) is 1. The normalized spacial score (nSPS) is 9.73. The molecule has 0 aliphatic carbocycles. The molecule has 2 nitrogen and oxygen atoms in total. The molecule has 11 heavy (non-hydrogen) atoms. The van der Waals surface area contributed by atoms with E-state index >= 15 is 0 Å². The summed E-state index contributed by atoms with van der Waals surface area (Å²) in [5, 5.41) is 0.905. The second-order valence-corrected chi connectivity index (χ2v) is 2.64. The highest BCUT2D eigenvalue weighted by atomic mass is 35.5. The maximum atomic E-state index is 5.78. The standard InChI is InChI=1S/C7H7Cl2NO/c1-10-11-6-4-2-3-5(8)7(6)9/h2-4,10H,1H3. The van der Waals surface area contributed by atoms with Crippen LogP contribution in [0.25, 0.3) is 0 Å². The van der Waals surface area contributed by atoms with Crippen LogP contribution in [0.4, 0.5) is 0 Å². The van der Waals surface area contributed by atoms with E-state index in [1.165, 1.54) is 0 Å². The van der Waals surface area contributed by atoms with Crippen LogP contribution < -0.4 is 10.3 Å². The van der Waals surface area contributed by atoms with Crippen molar-refractivity contribution in [3.63, 3.8) is 0 Å². The molecule has 4 heteroatoms. The first-order valence-corrected chi connectivity index (χ1v) is 3.79. The topological polar surface area (TPSA) is 21.3 Å². The minimum atomic E-state index is 0.420. The van der Waals surface area contributed by atoms with Crippen molar-refractivity contribution < 1.29 is 4.84 Å². The summed E-state index contributed by atoms with van der Waals surface area (Å²) in [6, 6.07) is 5.19. The molecular weight excluding hydrogens is 185 g/mol. The van der Waals surface area contributed by atoms with Gasteiger partial charge in [0.15, 0.2) is 5.75 Å². The summed E-state index contributed by atoms with van der Waals surface area (Å²) in [4.78, 5) is 4.95. The number of hydrogen-bond acceptors (Lipinski definition) is 2. The van der Waals surface area contributed by atoms with Gasteiger partial charge in [-0.1, -0.05) is 29.3 Å². The highest BCUT2D eigenvalue weighted by Gasteiger charge is 2.03. The summed E-state index contributed by atoms with van der Waals surface area (Å²) in [7, 11) is 1.65. The molecule has 1 N–H and O–H groups in total. The van der Waals surface area contributed by atoms with Gasteiger partial charge >= 0.3 is 0 Å². The van der Waals surface area contributed by atoms with Crippen molar-refractivity contribution in [3.05, 3.63) is 28.2 Å². The molecule has 0 saturated heterocycles. The fourth-order valence-corrected chi connectivity index (χ4v) is 1.00. The molecule has 1 rings (SSSR count). The summed E-state index contributed by atoms with van der Waals surface area (Å²) >= 11 is 11.5. The SMILES string of the molecule is CNOc1cccc(Cl)c1Cl. The minimum Gasteiger partial charge on any atom is -0.407 e. The van der Waals surface area contributed by atoms with E-state index in [9.17, 15) is 0 Å². The second-order valence-electron chi connectivity index (χ2n) is 1.86. The Morgan fingerprint density at radius 1 is 1.36 bits per heavy atom. The van der Waals surface area contributed by atoms with Gasteiger partial charge < -0.3 is 4.84 Å². The van der Waals surface area contributed by atoms with Gasteiger partial charge in [0, 0.05) is 7.05 Å². The first-order valence-electron chi connectivity index (χ1n) is 3.03. The van der Waals surface area contributed by atoms with Gasteiger partial charge in [-0.2, -0.15) is 5.48 Å². The molecule has 0 spiro atoms. The lowest BCUT2D eigenvalue weighted by Gasteiger charge is -2.04. The van der Waals surface area contributed by atoms with Crippen molar-refractivity contribution in [2.24, 2.45) is 0 Å². The molecule has 1 aromatic rings. The van der Waals surface area contributed by atoms with Crippen LogP contribution in [0.5, 0.6) is 5.75 Å². The molecule has 0 amide bonds. The first-order chi connectivity index (χ1) is 5.25. The smallest absolute Gasteiger partial charge is 0.167 e. The quantitative estimate of drug-likeness (QED) is 0.726. The summed E-state index contributed by atoms with van der Waals surface area (Å²) < 4.78 is 0. The number of hydrogen-bond donors (Lipinski definition) is 1. The zero-order valence-electron chi connectivity index (χ0n) is 5.90. The molecule has 0 radical (unpaired) electrons. The van der Waals surface area contributed by atoms with Crippen LogP contribution in [-0.2, 0) is 0 Å². The summed E-state index contributed by atoms with van der Waals surface area (Å²) in [6.07, 6.45) is 0. The van der Waals surface area contributed by atoms with Crippen LogP contribution >= 0.6 is 23.2 Å². The molecule has 0 aromatic heterocycles. The van der Waals surface area contributed by atoms with E-state index in [1.807, 2.05) is 0 Å². The van der Waals surface area contributed by atoms with Crippen molar-refractivity contribution in [1.29, 1.82) is 0 Å². The zero-order chi connectivity index (χ0) is 8.27. The molecule has 60 valence electrons. The van der Waals surface area contributed by atoms with E-state index in [1.54, 1.807) is 25.2 Å². The average Bonchev–Trinajstić information content (AvgIpc) is 1.99. The maximum absolute atomic E-state index is 5.78. The van der Waals surface area contributed by atoms with Crippen molar-refractivity contribution >= 4 is 23.2 Å². The van der Waals surface area contributed by atoms with Gasteiger partial charge in [0.05, 0.1) is 5.02 Å². The van der Waals surface area contributed by atoms with E-state index in [2.05, 4.69) is 5.48 Å². The lowest BCUT2D eigenvalue weighted by atomic mass is 10.3. The Labute approximate surface area is 75.0 Å². The Morgan fingerprint density at radius 3 is 2.73 bits per heavy atom. The Kier molecular flexibility index (Phi) is 3.00. The number of halogens is 2. The van der Waals surface area contributed by atoms with E-state index in [0.717, 1.165) is 0 Å². The molecule has 0 aliphatic heterocycles. The first kappa shape index (κ1) is 8.65. The molecule has 0 saturated carbocycles. The van der Waals surface area contributed by atoms with Gasteiger partial charge in [0.25, 0.3) is 0 Å². The van der Waals surface area contributed by atoms with Gasteiger partial charge in [-0.3, -0.25) is 0 Å². The fraction of sp³-hybridized carbons (Fsp3) is 0.143. The van der Waals surface area contributed by atoms with Gasteiger partial charge in [0.1, 0.15) is 5.02 Å². The van der Waals surface area contributed by atoms with Crippen LogP contribution in [0.1, 0.15) is 0 Å². The van der Waals surface area contributed by atoms with Gasteiger partial charge in [-0.25, -0.2) is 0 Å². The molecule has 0 atom stereocenters. The predicted molar refractivity (Wildman–Crippen MR) is 46.1 cm³/mol. The summed E-state index contributed by atoms with van der Waals surface area (Å²) in [5.41, 5.74) is 2.51. The van der Waals surface area contributed by atoms with Crippen LogP contribution in [0.3, 0.4) is 0 Å². The van der Waals surface area contributed by atoms with Crippen molar-refractivity contribution in [2.45, 2.75) is 0 Å². The fourth-order valence-electron chi connectivity index (χ4n) is 0.673. The van der Waals surface area contributed by atoms with E-state index < -0.39 is 0 Å². The lowest BCUT2D eigenvalue weighted by Crippen LogP contribution is -2.11. The monoisotopic (exact) mass is 191 g/mol. The highest BCUT2D eigenvalue weighted by Crippen LogP contribution is 2.30. The Balaban J connectivity index is 2.96. The molecule has 0 fully saturated rings. The Bertz CT molecular complexity index is 252. The summed E-state index contributed by atoms with van der Waals surface area (Å²) in [6.45, 7) is 0. The third kappa shape index (κ3) is 1.99. The second kappa shape index (κ2) is 3.81. The molecule has 0 aliphatic rings. The zero-order valence-corrected chi connectivity index (χ0v) is 7.41. The maximum Gasteiger partial charge on any atom is 0.167 e. The molecule has 0 bridgehead atoms. The van der Waals surface area contributed by atoms with E-state index in [-0.39, 0.29) is 0 Å². The van der Waals surface area contributed by atoms with Gasteiger partial charge in [0.2, 0.25) is 0 Å². The van der Waals surface area contributed by atoms with Crippen LogP contribution in [0.2, 0.25) is 10.0 Å². The highest BCUT2D eigenvalue weighted by molar-refractivity contribution is 6.42. The van der Waals surface area contributed by atoms with E-state index in [0.29, 0.717) is 15.8 Å². The summed E-state index contributed by atoms with van der Waals surface area (Å²) in [5.74, 6) is 0.529. The Hall–Kier alpha value is -0.440. The number of hydroxylamine groups is 1. The molecular formula is C7H7Cl2NO. The molecule has 0 unspecified atom stereocenters. The van der Waals surface area contributed by atoms with Crippen molar-refractivity contribution in [1.82, 2.24) is 5.48 Å². The number of benzene rings is 1. The van der Waals surface area contributed by atoms with Crippen molar-refractivity contribution in [2.75, 3.05) is 7.05 Å². The van der Waals surface area contributed by atoms with Crippen molar-refractivity contribution in [3.8, 4) is 5.75 Å². The third-order valence-electron chi connectivity index (χ3n) is 1.13. The predicted octanol–water partition coefficient (Wildman–Crippen LogP) is 2.51. The lowest BCUT2D eigenvalue weighted by molar-refractivity contribution is 0.224. The Morgan fingerprint density at radius 2 is 2.09 bits per heavy atom. The van der Waals surface area contributed by atoms with Crippen LogP contribution in [-0.4, -0.2) is 7.05 Å². The minimum absolute atomic E-state index is 0.420. The molecule has 1 aromatic carbocycles. The third-order valence-corrected chi connectivity index (χ3v) is 1.93. The van der Waals surface area contributed by atoms with Gasteiger partial charge in [-0.15, -0.1) is 0 Å². The molecule has 0 heterocycles. The largest absolute Gasteiger partial charge is 0.407 e. The number of rotatable bonds is 2. The van der Waals surface area contributed by atoms with E-state index in [4.69, 9.17) is 28.0 Å². The van der Waals surface area contributed by atoms with Crippen LogP contribution in [0, 0.1) is 0 Å². The van der Waals surface area contributed by atoms with Crippen LogP contribution in [0.15, 0.2) is 18.2 Å². The average molecular weight is 192 g/mol. The van der Waals surface area contributed by atoms with Gasteiger partial charge in [-0.05, 0) is 12.1 Å².